The summed E-state index contributed by atoms with van der Waals surface area (Å²) in [4.78, 5) is 26.2. The van der Waals surface area contributed by atoms with E-state index in [1.165, 1.54) is 37.6 Å². The number of aromatic nitrogens is 1. The van der Waals surface area contributed by atoms with Gasteiger partial charge in [0, 0.05) is 17.2 Å². The normalized spacial score (nSPS) is 10.7. The van der Waals surface area contributed by atoms with Gasteiger partial charge in [0.05, 0.1) is 28.8 Å². The highest BCUT2D eigenvalue weighted by Gasteiger charge is 2.11. The second-order valence-electron chi connectivity index (χ2n) is 5.95. The van der Waals surface area contributed by atoms with Crippen LogP contribution in [0.25, 0.3) is 0 Å². The Bertz CT molecular complexity index is 1150. The molecule has 0 saturated heterocycles. The summed E-state index contributed by atoms with van der Waals surface area (Å²) in [6, 6.07) is 12.1. The average molecular weight is 461 g/mol. The molecule has 0 aliphatic heterocycles. The Morgan fingerprint density at radius 3 is 2.61 bits per heavy atom. The molecule has 0 aliphatic rings. The zero-order valence-corrected chi connectivity index (χ0v) is 17.4. The molecule has 2 aromatic carbocycles. The van der Waals surface area contributed by atoms with E-state index in [1.54, 1.807) is 24.3 Å². The van der Waals surface area contributed by atoms with Crippen molar-refractivity contribution in [2.24, 2.45) is 5.10 Å². The second kappa shape index (κ2) is 9.88. The molecular weight excluding hydrogens is 447 g/mol. The zero-order valence-electron chi connectivity index (χ0n) is 15.9. The Labute approximate surface area is 186 Å². The maximum Gasteiger partial charge on any atom is 0.287 e. The summed E-state index contributed by atoms with van der Waals surface area (Å²) < 4.78 is 10.9. The number of benzene rings is 2. The van der Waals surface area contributed by atoms with Gasteiger partial charge in [-0.15, -0.1) is 0 Å². The van der Waals surface area contributed by atoms with Gasteiger partial charge in [0.15, 0.2) is 11.5 Å². The monoisotopic (exact) mass is 460 g/mol. The first-order valence-corrected chi connectivity index (χ1v) is 9.38. The second-order valence-corrected chi connectivity index (χ2v) is 6.79. The van der Waals surface area contributed by atoms with Crippen LogP contribution in [0.2, 0.25) is 10.0 Å². The van der Waals surface area contributed by atoms with E-state index in [4.69, 9.17) is 32.7 Å². The molecule has 0 saturated carbocycles. The predicted molar refractivity (Wildman–Crippen MR) is 115 cm³/mol. The van der Waals surface area contributed by atoms with Crippen molar-refractivity contribution in [3.05, 3.63) is 86.0 Å². The summed E-state index contributed by atoms with van der Waals surface area (Å²) in [5, 5.41) is 15.2. The van der Waals surface area contributed by atoms with Crippen molar-refractivity contribution in [2.45, 2.75) is 0 Å². The topological polar surface area (TPSA) is 116 Å². The lowest BCUT2D eigenvalue weighted by Gasteiger charge is -2.10. The van der Waals surface area contributed by atoms with Crippen molar-refractivity contribution in [2.75, 3.05) is 7.11 Å². The lowest BCUT2D eigenvalue weighted by Crippen LogP contribution is -2.18. The van der Waals surface area contributed by atoms with Crippen molar-refractivity contribution in [1.29, 1.82) is 0 Å². The first-order chi connectivity index (χ1) is 14.9. The van der Waals surface area contributed by atoms with Gasteiger partial charge in [0.1, 0.15) is 6.20 Å². The molecule has 1 aromatic heterocycles. The van der Waals surface area contributed by atoms with E-state index in [0.29, 0.717) is 22.1 Å². The molecule has 0 aliphatic carbocycles. The Morgan fingerprint density at radius 2 is 1.97 bits per heavy atom. The molecule has 9 nitrogen and oxygen atoms in total. The number of nitrogens with one attached hydrogen (secondary N) is 1. The minimum absolute atomic E-state index is 0.146. The SMILES string of the molecule is COc1cc(/C=N\NC(=O)c2ccc(Cl)cc2Cl)ccc1Oc1ccc([N+](=O)[O-])cn1. The minimum atomic E-state index is -0.550. The Hall–Kier alpha value is -3.69. The van der Waals surface area contributed by atoms with E-state index in [-0.39, 0.29) is 22.2 Å². The van der Waals surface area contributed by atoms with Gasteiger partial charge >= 0.3 is 0 Å². The lowest BCUT2D eigenvalue weighted by molar-refractivity contribution is -0.385. The number of rotatable bonds is 7. The molecule has 158 valence electrons. The van der Waals surface area contributed by atoms with Crippen molar-refractivity contribution in [3.63, 3.8) is 0 Å². The minimum Gasteiger partial charge on any atom is -0.493 e. The summed E-state index contributed by atoms with van der Waals surface area (Å²) in [7, 11) is 1.46. The fraction of sp³-hybridized carbons (Fsp3) is 0.0500. The molecule has 0 radical (unpaired) electrons. The molecule has 0 fully saturated rings. The average Bonchev–Trinajstić information content (AvgIpc) is 2.75. The highest BCUT2D eigenvalue weighted by atomic mass is 35.5. The highest BCUT2D eigenvalue weighted by Crippen LogP contribution is 2.31. The molecular formula is C20H14Cl2N4O5. The molecule has 0 atom stereocenters. The van der Waals surface area contributed by atoms with E-state index in [1.807, 2.05) is 0 Å². The van der Waals surface area contributed by atoms with Crippen LogP contribution >= 0.6 is 23.2 Å². The van der Waals surface area contributed by atoms with Crippen LogP contribution in [0.3, 0.4) is 0 Å². The van der Waals surface area contributed by atoms with Gasteiger partial charge in [-0.1, -0.05) is 23.2 Å². The van der Waals surface area contributed by atoms with Crippen LogP contribution in [0.15, 0.2) is 59.8 Å². The van der Waals surface area contributed by atoms with Gasteiger partial charge in [-0.25, -0.2) is 10.4 Å². The van der Waals surface area contributed by atoms with Gasteiger partial charge in [0.25, 0.3) is 11.6 Å². The summed E-state index contributed by atoms with van der Waals surface area (Å²) in [5.41, 5.74) is 3.08. The Morgan fingerprint density at radius 1 is 1.16 bits per heavy atom. The number of methoxy groups -OCH3 is 1. The van der Waals surface area contributed by atoms with Crippen LogP contribution in [-0.4, -0.2) is 29.1 Å². The molecule has 3 aromatic rings. The third-order valence-electron chi connectivity index (χ3n) is 3.89. The largest absolute Gasteiger partial charge is 0.493 e. The number of hydrazone groups is 1. The van der Waals surface area contributed by atoms with Crippen LogP contribution in [0.1, 0.15) is 15.9 Å². The highest BCUT2D eigenvalue weighted by molar-refractivity contribution is 6.36. The maximum absolute atomic E-state index is 12.2. The number of hydrogen-bond acceptors (Lipinski definition) is 7. The first-order valence-electron chi connectivity index (χ1n) is 8.62. The smallest absolute Gasteiger partial charge is 0.287 e. The number of hydrogen-bond donors (Lipinski definition) is 1. The summed E-state index contributed by atoms with van der Waals surface area (Å²) >= 11 is 11.8. The zero-order chi connectivity index (χ0) is 22.4. The number of nitro groups is 1. The van der Waals surface area contributed by atoms with Crippen LogP contribution in [0.4, 0.5) is 5.69 Å². The fourth-order valence-electron chi connectivity index (χ4n) is 2.40. The maximum atomic E-state index is 12.2. The van der Waals surface area contributed by atoms with Gasteiger partial charge in [-0.3, -0.25) is 14.9 Å². The van der Waals surface area contributed by atoms with Gasteiger partial charge in [0.2, 0.25) is 5.88 Å². The predicted octanol–water partition coefficient (Wildman–Crippen LogP) is 4.86. The summed E-state index contributed by atoms with van der Waals surface area (Å²) in [6.45, 7) is 0. The number of carbonyl (C=O) groups is 1. The lowest BCUT2D eigenvalue weighted by atomic mass is 10.2. The molecule has 0 spiro atoms. The number of pyridine rings is 1. The van der Waals surface area contributed by atoms with Gasteiger partial charge < -0.3 is 9.47 Å². The molecule has 1 heterocycles. The molecule has 0 bridgehead atoms. The van der Waals surface area contributed by atoms with E-state index in [9.17, 15) is 14.9 Å². The van der Waals surface area contributed by atoms with Crippen LogP contribution in [-0.2, 0) is 0 Å². The quantitative estimate of drug-likeness (QED) is 0.305. The van der Waals surface area contributed by atoms with Crippen molar-refractivity contribution in [1.82, 2.24) is 10.4 Å². The first kappa shape index (κ1) is 22.0. The van der Waals surface area contributed by atoms with E-state index < -0.39 is 10.8 Å². The molecule has 1 N–H and O–H groups in total. The molecule has 1 amide bonds. The summed E-state index contributed by atoms with van der Waals surface area (Å²) in [5.74, 6) is 0.390. The van der Waals surface area contributed by atoms with Crippen molar-refractivity contribution < 1.29 is 19.2 Å². The molecule has 3 rings (SSSR count). The number of halogens is 2. The number of carbonyl (C=O) groups excluding carboxylic acids is 1. The van der Waals surface area contributed by atoms with E-state index >= 15 is 0 Å². The van der Waals surface area contributed by atoms with Crippen LogP contribution < -0.4 is 14.9 Å². The number of nitrogens with zero attached hydrogens (tertiary/aromatic N) is 3. The number of ether oxygens (including phenoxy) is 2. The Balaban J connectivity index is 1.69. The standard InChI is InChI=1S/C20H14Cl2N4O5/c1-30-18-8-12(10-24-25-20(27)15-5-3-13(21)9-16(15)22)2-6-17(18)31-19-7-4-14(11-23-19)26(28)29/h2-11H,1H3,(H,25,27)/b24-10-. The van der Waals surface area contributed by atoms with E-state index in [2.05, 4.69) is 15.5 Å². The Kier molecular flexibility index (Phi) is 7.01. The van der Waals surface area contributed by atoms with Gasteiger partial charge in [-0.2, -0.15) is 5.10 Å². The van der Waals surface area contributed by atoms with Gasteiger partial charge in [-0.05, 0) is 42.0 Å². The summed E-state index contributed by atoms with van der Waals surface area (Å²) in [6.07, 6.45) is 2.51. The fourth-order valence-corrected chi connectivity index (χ4v) is 2.90. The van der Waals surface area contributed by atoms with Crippen LogP contribution in [0.5, 0.6) is 17.4 Å². The molecule has 0 unspecified atom stereocenters. The molecule has 11 heteroatoms. The van der Waals surface area contributed by atoms with Crippen molar-refractivity contribution in [3.8, 4) is 17.4 Å². The van der Waals surface area contributed by atoms with E-state index in [0.717, 1.165) is 6.20 Å². The number of amides is 1. The third-order valence-corrected chi connectivity index (χ3v) is 4.44. The third kappa shape index (κ3) is 5.68. The van der Waals surface area contributed by atoms with Crippen molar-refractivity contribution >= 4 is 41.0 Å². The molecule has 31 heavy (non-hydrogen) atoms. The van der Waals surface area contributed by atoms with Crippen LogP contribution in [0, 0.1) is 10.1 Å².